The summed E-state index contributed by atoms with van der Waals surface area (Å²) in [5.41, 5.74) is 3.17. The van der Waals surface area contributed by atoms with Gasteiger partial charge < -0.3 is 9.47 Å². The quantitative estimate of drug-likeness (QED) is 0.638. The lowest BCUT2D eigenvalue weighted by molar-refractivity contribution is 0.0954. The molecule has 134 valence electrons. The van der Waals surface area contributed by atoms with E-state index in [1.54, 1.807) is 12.1 Å². The molecule has 0 atom stereocenters. The molecule has 2 aliphatic heterocycles. The van der Waals surface area contributed by atoms with E-state index >= 15 is 0 Å². The van der Waals surface area contributed by atoms with E-state index in [-0.39, 0.29) is 29.4 Å². The van der Waals surface area contributed by atoms with E-state index in [1.807, 2.05) is 0 Å². The van der Waals surface area contributed by atoms with E-state index in [9.17, 15) is 17.6 Å². The summed E-state index contributed by atoms with van der Waals surface area (Å²) in [5, 5.41) is 4.01. The molecule has 0 fully saturated rings. The fourth-order valence-corrected chi connectivity index (χ4v) is 4.28. The minimum Gasteiger partial charge on any atom is -0.454 e. The van der Waals surface area contributed by atoms with Gasteiger partial charge in [0.15, 0.2) is 21.3 Å². The number of carbonyl (C=O) groups is 1. The van der Waals surface area contributed by atoms with Crippen LogP contribution in [0.3, 0.4) is 0 Å². The summed E-state index contributed by atoms with van der Waals surface area (Å²) in [4.78, 5) is 12.3. The highest BCUT2D eigenvalue weighted by molar-refractivity contribution is 7.91. The van der Waals surface area contributed by atoms with E-state index < -0.39 is 21.6 Å². The van der Waals surface area contributed by atoms with Gasteiger partial charge in [-0.05, 0) is 36.4 Å². The third kappa shape index (κ3) is 2.90. The number of ether oxygens (including phenoxy) is 2. The normalized spacial score (nSPS) is 18.4. The Morgan fingerprint density at radius 2 is 1.92 bits per heavy atom. The molecule has 0 saturated carbocycles. The van der Waals surface area contributed by atoms with Gasteiger partial charge in [0.1, 0.15) is 5.82 Å². The first-order chi connectivity index (χ1) is 12.4. The zero-order chi connectivity index (χ0) is 18.3. The van der Waals surface area contributed by atoms with Crippen LogP contribution in [0.15, 0.2) is 46.4 Å². The summed E-state index contributed by atoms with van der Waals surface area (Å²) in [6.07, 6.45) is 0.0835. The van der Waals surface area contributed by atoms with Crippen molar-refractivity contribution in [1.29, 1.82) is 0 Å². The fourth-order valence-electron chi connectivity index (χ4n) is 2.81. The molecule has 4 rings (SSSR count). The van der Waals surface area contributed by atoms with Crippen molar-refractivity contribution in [2.24, 2.45) is 5.10 Å². The lowest BCUT2D eigenvalue weighted by atomic mass is 10.1. The summed E-state index contributed by atoms with van der Waals surface area (Å²) in [7, 11) is -3.48. The Labute approximate surface area is 148 Å². The van der Waals surface area contributed by atoms with Crippen molar-refractivity contribution in [1.82, 2.24) is 5.43 Å². The Kier molecular flexibility index (Phi) is 3.87. The molecule has 0 radical (unpaired) electrons. The predicted molar refractivity (Wildman–Crippen MR) is 89.6 cm³/mol. The average molecular weight is 376 g/mol. The molecule has 0 saturated heterocycles. The number of fused-ring (bicyclic) bond motifs is 2. The van der Waals surface area contributed by atoms with Gasteiger partial charge in [0.25, 0.3) is 5.91 Å². The molecule has 0 bridgehead atoms. The number of sulfone groups is 1. The monoisotopic (exact) mass is 376 g/mol. The van der Waals surface area contributed by atoms with Gasteiger partial charge in [-0.1, -0.05) is 0 Å². The second-order valence-corrected chi connectivity index (χ2v) is 7.85. The van der Waals surface area contributed by atoms with Crippen molar-refractivity contribution < 1.29 is 27.1 Å². The molecule has 0 unspecified atom stereocenters. The van der Waals surface area contributed by atoms with Gasteiger partial charge in [0.2, 0.25) is 6.79 Å². The summed E-state index contributed by atoms with van der Waals surface area (Å²) in [6, 6.07) is 8.11. The Morgan fingerprint density at radius 1 is 1.12 bits per heavy atom. The number of carbonyl (C=O) groups excluding carboxylic acids is 1. The van der Waals surface area contributed by atoms with E-state index in [2.05, 4.69) is 10.5 Å². The standard InChI is InChI=1S/C17H13FN2O5S/c18-11-2-4-16-12(8-11)13(5-6-26(16,22)23)19-20-17(21)10-1-3-14-15(7-10)25-9-24-14/h1-4,7-8H,5-6,9H2,(H,20,21)/b19-13+. The molecule has 2 aromatic carbocycles. The molecule has 0 aliphatic carbocycles. The van der Waals surface area contributed by atoms with Crippen LogP contribution in [0.2, 0.25) is 0 Å². The number of hydrazone groups is 1. The molecule has 1 amide bonds. The lowest BCUT2D eigenvalue weighted by Crippen LogP contribution is -2.26. The molecule has 1 N–H and O–H groups in total. The van der Waals surface area contributed by atoms with Crippen molar-refractivity contribution in [2.75, 3.05) is 12.5 Å². The summed E-state index contributed by atoms with van der Waals surface area (Å²) in [6.45, 7) is 0.0968. The molecular weight excluding hydrogens is 363 g/mol. The Bertz CT molecular complexity index is 1050. The van der Waals surface area contributed by atoms with E-state index in [1.165, 1.54) is 12.1 Å². The van der Waals surface area contributed by atoms with Gasteiger partial charge in [-0.2, -0.15) is 5.10 Å². The van der Waals surface area contributed by atoms with Crippen molar-refractivity contribution in [2.45, 2.75) is 11.3 Å². The second kappa shape index (κ2) is 6.10. The van der Waals surface area contributed by atoms with Gasteiger partial charge in [0.05, 0.1) is 16.4 Å². The van der Waals surface area contributed by atoms with E-state index in [0.29, 0.717) is 22.8 Å². The van der Waals surface area contributed by atoms with Gasteiger partial charge in [-0.25, -0.2) is 18.2 Å². The Balaban J connectivity index is 1.61. The number of nitrogens with one attached hydrogen (secondary N) is 1. The third-order valence-electron chi connectivity index (χ3n) is 4.12. The molecular formula is C17H13FN2O5S. The minimum absolute atomic E-state index is 0.0150. The van der Waals surface area contributed by atoms with Crippen LogP contribution in [0.25, 0.3) is 0 Å². The van der Waals surface area contributed by atoms with Crippen LogP contribution in [0.4, 0.5) is 4.39 Å². The van der Waals surface area contributed by atoms with Crippen LogP contribution in [0.5, 0.6) is 11.5 Å². The van der Waals surface area contributed by atoms with Crippen LogP contribution in [-0.2, 0) is 9.84 Å². The van der Waals surface area contributed by atoms with E-state index in [0.717, 1.165) is 12.1 Å². The smallest absolute Gasteiger partial charge is 0.271 e. The minimum atomic E-state index is -3.48. The van der Waals surface area contributed by atoms with Gasteiger partial charge >= 0.3 is 0 Å². The number of nitrogens with zero attached hydrogens (tertiary/aromatic N) is 1. The van der Waals surface area contributed by atoms with Crippen LogP contribution in [0.1, 0.15) is 22.3 Å². The molecule has 26 heavy (non-hydrogen) atoms. The van der Waals surface area contributed by atoms with Crippen LogP contribution in [0, 0.1) is 5.82 Å². The predicted octanol–water partition coefficient (Wildman–Crippen LogP) is 1.87. The fraction of sp³-hybridized carbons (Fsp3) is 0.176. The maximum atomic E-state index is 13.5. The molecule has 9 heteroatoms. The first-order valence-electron chi connectivity index (χ1n) is 7.73. The van der Waals surface area contributed by atoms with Crippen molar-refractivity contribution in [3.63, 3.8) is 0 Å². The summed E-state index contributed by atoms with van der Waals surface area (Å²) < 4.78 is 48.2. The Hall–Kier alpha value is -2.94. The number of hydrogen-bond donors (Lipinski definition) is 1. The van der Waals surface area contributed by atoms with Crippen molar-refractivity contribution >= 4 is 21.5 Å². The second-order valence-electron chi connectivity index (χ2n) is 5.78. The highest BCUT2D eigenvalue weighted by atomic mass is 32.2. The van der Waals surface area contributed by atoms with Crippen LogP contribution < -0.4 is 14.9 Å². The SMILES string of the molecule is O=C(N/N=C1\CCS(=O)(=O)c2ccc(F)cc21)c1ccc2c(c1)OCO2. The van der Waals surface area contributed by atoms with Crippen molar-refractivity contribution in [3.05, 3.63) is 53.3 Å². The zero-order valence-corrected chi connectivity index (χ0v) is 14.2. The van der Waals surface area contributed by atoms with Crippen LogP contribution >= 0.6 is 0 Å². The molecule has 2 aliphatic rings. The highest BCUT2D eigenvalue weighted by Gasteiger charge is 2.28. The molecule has 0 aromatic heterocycles. The summed E-state index contributed by atoms with van der Waals surface area (Å²) in [5.74, 6) is -0.210. The Morgan fingerprint density at radius 3 is 2.77 bits per heavy atom. The number of halogens is 1. The number of hydrogen-bond acceptors (Lipinski definition) is 6. The van der Waals surface area contributed by atoms with Crippen LogP contribution in [-0.4, -0.2) is 32.6 Å². The first-order valence-corrected chi connectivity index (χ1v) is 9.38. The number of benzene rings is 2. The molecule has 2 heterocycles. The third-order valence-corrected chi connectivity index (χ3v) is 5.89. The van der Waals surface area contributed by atoms with Gasteiger partial charge in [-0.3, -0.25) is 4.79 Å². The average Bonchev–Trinajstić information content (AvgIpc) is 3.08. The lowest BCUT2D eigenvalue weighted by Gasteiger charge is -2.18. The van der Waals surface area contributed by atoms with E-state index in [4.69, 9.17) is 9.47 Å². The number of rotatable bonds is 2. The van der Waals surface area contributed by atoms with Gasteiger partial charge in [0, 0.05) is 17.5 Å². The number of amides is 1. The first kappa shape index (κ1) is 16.5. The highest BCUT2D eigenvalue weighted by Crippen LogP contribution is 2.32. The summed E-state index contributed by atoms with van der Waals surface area (Å²) >= 11 is 0. The topological polar surface area (TPSA) is 94.1 Å². The maximum Gasteiger partial charge on any atom is 0.271 e. The van der Waals surface area contributed by atoms with Crippen molar-refractivity contribution in [3.8, 4) is 11.5 Å². The zero-order valence-electron chi connectivity index (χ0n) is 13.4. The maximum absolute atomic E-state index is 13.5. The largest absolute Gasteiger partial charge is 0.454 e. The van der Waals surface area contributed by atoms with Gasteiger partial charge in [-0.15, -0.1) is 0 Å². The molecule has 7 nitrogen and oxygen atoms in total. The molecule has 2 aromatic rings. The molecule has 0 spiro atoms.